The van der Waals surface area contributed by atoms with Crippen LogP contribution in [0, 0.1) is 50.7 Å². The summed E-state index contributed by atoms with van der Waals surface area (Å²) in [5.41, 5.74) is 1.54. The maximum Gasteiger partial charge on any atom is 0.316 e. The number of alkyl halides is 3. The number of rotatable bonds is 37. The lowest BCUT2D eigenvalue weighted by atomic mass is 9.91. The summed E-state index contributed by atoms with van der Waals surface area (Å²) < 4.78 is 40.8. The quantitative estimate of drug-likeness (QED) is 0.00914. The van der Waals surface area contributed by atoms with Crippen LogP contribution in [-0.2, 0) is 77.1 Å². The van der Waals surface area contributed by atoms with Crippen LogP contribution in [0.2, 0.25) is 0 Å². The van der Waals surface area contributed by atoms with E-state index in [1.54, 1.807) is 67.6 Å². The van der Waals surface area contributed by atoms with Crippen LogP contribution in [-0.4, -0.2) is 194 Å². The molecule has 0 bridgehead atoms. The molecule has 0 saturated carbocycles. The first-order valence-electron chi connectivity index (χ1n) is 45.5. The molecule has 0 aliphatic rings. The average molecular weight is 2020 g/mol. The molecule has 0 spiro atoms. The van der Waals surface area contributed by atoms with Crippen molar-refractivity contribution in [2.45, 2.75) is 268 Å². The number of quaternary nitrogens is 2. The monoisotopic (exact) mass is 2020 g/mol. The topological polar surface area (TPSA) is 324 Å². The van der Waals surface area contributed by atoms with Gasteiger partial charge in [0.05, 0.1) is 104 Å². The molecule has 0 fully saturated rings. The molecule has 1 aromatic heterocycles. The number of likely N-dealkylation sites (N-methyl/N-ethyl adjacent to an activating group) is 2. The summed E-state index contributed by atoms with van der Waals surface area (Å²) in [7, 11) is 10.5. The Morgan fingerprint density at radius 1 is 0.381 bits per heavy atom. The second kappa shape index (κ2) is 63.2. The molecule has 6 rings (SSSR count). The molecule has 0 aliphatic carbocycles. The zero-order valence-electron chi connectivity index (χ0n) is 86.3. The molecule has 2 N–H and O–H groups in total. The third kappa shape index (κ3) is 52.9. The molecule has 1 atom stereocenters. The molecular weight excluding hydrogens is 1860 g/mol. The van der Waals surface area contributed by atoms with Gasteiger partial charge in [0.2, 0.25) is 3.79 Å². The number of aromatic nitrogens is 3. The fourth-order valence-corrected chi connectivity index (χ4v) is 9.41. The van der Waals surface area contributed by atoms with Gasteiger partial charge in [0.15, 0.2) is 23.2 Å². The van der Waals surface area contributed by atoms with Crippen molar-refractivity contribution in [3.05, 3.63) is 173 Å². The van der Waals surface area contributed by atoms with E-state index in [2.05, 4.69) is 50.2 Å². The normalized spacial score (nSPS) is 11.7. The van der Waals surface area contributed by atoms with Crippen molar-refractivity contribution in [2.24, 2.45) is 43.8 Å². The zero-order chi connectivity index (χ0) is 102. The van der Waals surface area contributed by atoms with E-state index < -0.39 is 25.5 Å². The molecule has 0 radical (unpaired) electrons. The summed E-state index contributed by atoms with van der Waals surface area (Å²) in [5.74, 6) is 0.263. The Hall–Kier alpha value is -8.31. The van der Waals surface area contributed by atoms with Crippen molar-refractivity contribution in [1.82, 2.24) is 15.0 Å². The van der Waals surface area contributed by atoms with Gasteiger partial charge in [0.1, 0.15) is 63.4 Å². The van der Waals surface area contributed by atoms with Gasteiger partial charge in [-0.2, -0.15) is 0 Å². The predicted molar refractivity (Wildman–Crippen MR) is 525 cm³/mol. The van der Waals surface area contributed by atoms with Crippen molar-refractivity contribution in [3.8, 4) is 22.9 Å². The minimum Gasteiger partial charge on any atom is -1.00 e. The number of esters is 8. The standard InChI is InChI=1S/C23H30NO3.C19H20O3.C17H18Cl3N3O2.C11H24NO2.2C9H18O2.2C8H16O3.BrH.ClH/c1-5-18(2)23(26)27-16-15-24(3,4)17-19-11-13-21(14-12-19)22(25)20-9-7-6-8-10-20;1-4-19(2,3)18(21)22-16-12-10-15(11-13-16)17(20)14-8-6-5-7-9-14;1-5-16(3,4)15(24)25-12-8-6-11(7-9-12)13-21-10(2)22-14(23-13)17(18,19)20;1-7-11(2,3)10(13)14-9-8-12(4,5)6;2*1-6-9(4,5)8(10)11-7(2)3;2*1-4-8(2,3)7(10)11-6-5-9;;/h6-14,18H,5,15-17H2,1-4H3;5-13H,4H2,1-3H3;6-9H,5H2,1-4H3;7-9H2,1-6H3;2*7H,6H2,1-5H3;2*9H,4-6H2,1-3H3;2*1H/q+1;;;+1;;;;;;/p-2. The third-order valence-corrected chi connectivity index (χ3v) is 22.4. The van der Waals surface area contributed by atoms with Crippen LogP contribution in [0.25, 0.3) is 11.4 Å². The number of hydrogen-bond donors (Lipinski definition) is 2. The Morgan fingerprint density at radius 2 is 0.679 bits per heavy atom. The molecule has 5 aromatic carbocycles. The third-order valence-electron chi connectivity index (χ3n) is 21.9. The number of carbonyl (C=O) groups excluding carboxylic acids is 10. The minimum absolute atomic E-state index is 0. The second-order valence-corrected chi connectivity index (χ2v) is 41.0. The first-order chi connectivity index (χ1) is 60.9. The second-order valence-electron chi connectivity index (χ2n) is 38.7. The van der Waals surface area contributed by atoms with Gasteiger partial charge in [0.25, 0.3) is 0 Å². The highest BCUT2D eigenvalue weighted by Gasteiger charge is 2.34. The molecule has 30 heteroatoms. The van der Waals surface area contributed by atoms with Crippen LogP contribution in [0.1, 0.15) is 287 Å². The van der Waals surface area contributed by atoms with Crippen LogP contribution in [0.5, 0.6) is 11.5 Å². The Bertz CT molecular complexity index is 4390. The fraction of sp³-hybridized carbons (Fsp3) is 0.587. The van der Waals surface area contributed by atoms with Crippen LogP contribution in [0.4, 0.5) is 0 Å². The lowest BCUT2D eigenvalue weighted by Crippen LogP contribution is -3.00. The van der Waals surface area contributed by atoms with E-state index in [9.17, 15) is 47.9 Å². The molecule has 1 heterocycles. The molecule has 6 aromatic rings. The molecule has 756 valence electrons. The van der Waals surface area contributed by atoms with Gasteiger partial charge >= 0.3 is 47.8 Å². The molecule has 134 heavy (non-hydrogen) atoms. The van der Waals surface area contributed by atoms with Crippen molar-refractivity contribution in [3.63, 3.8) is 0 Å². The van der Waals surface area contributed by atoms with Crippen LogP contribution in [0.3, 0.4) is 0 Å². The Morgan fingerprint density at radius 3 is 0.985 bits per heavy atom. The van der Waals surface area contributed by atoms with Gasteiger partial charge in [-0.15, -0.1) is 0 Å². The predicted octanol–water partition coefficient (Wildman–Crippen LogP) is 15.7. The maximum atomic E-state index is 12.5. The van der Waals surface area contributed by atoms with E-state index in [0.29, 0.717) is 81.5 Å². The van der Waals surface area contributed by atoms with Crippen molar-refractivity contribution in [2.75, 3.05) is 88.0 Å². The summed E-state index contributed by atoms with van der Waals surface area (Å²) in [4.78, 5) is 130. The number of nitrogens with zero attached hydrogens (tertiary/aromatic N) is 5. The number of ether oxygens (including phenoxy) is 8. The fourth-order valence-electron chi connectivity index (χ4n) is 9.16. The van der Waals surface area contributed by atoms with E-state index in [1.807, 2.05) is 260 Å². The Balaban J connectivity index is -0.000000740. The highest BCUT2D eigenvalue weighted by molar-refractivity contribution is 6.66. The number of aryl methyl sites for hydroxylation is 1. The molecule has 1 unspecified atom stereocenters. The summed E-state index contributed by atoms with van der Waals surface area (Å²) in [6, 6.07) is 39.6. The van der Waals surface area contributed by atoms with Crippen LogP contribution in [0.15, 0.2) is 133 Å². The Labute approximate surface area is 833 Å². The SMILES string of the molecule is CCC(C)(C)C(=O)OC(C)C.CCC(C)(C)C(=O)OC(C)C.CCC(C)(C)C(=O)OCCO.CCC(C)(C)C(=O)OCCO.CCC(C)(C)C(=O)OCC[N+](C)(C)C.CCC(C)(C)C(=O)Oc1ccc(-c2nc(C)nc(C(Cl)(Cl)Cl)n2)cc1.CCC(C)(C)C(=O)Oc1ccc(C(=O)c2ccccc2)cc1.CCC(C)C(=O)OCC[N+](C)(C)Cc1ccc(C(=O)c2ccccc2)cc1.[Br-].[Cl-]. The molecule has 0 amide bonds. The molecule has 0 saturated heterocycles. The number of aliphatic hydroxyl groups excluding tert-OH is 2. The Kier molecular flexibility index (Phi) is 62.3. The van der Waals surface area contributed by atoms with Gasteiger partial charge in [-0.25, -0.2) is 15.0 Å². The summed E-state index contributed by atoms with van der Waals surface area (Å²) in [6.07, 6.45) is 6.12. The number of hydrogen-bond acceptors (Lipinski definition) is 23. The van der Waals surface area contributed by atoms with Crippen molar-refractivity contribution >= 4 is 94.1 Å². The van der Waals surface area contributed by atoms with Gasteiger partial charge in [-0.1, -0.05) is 182 Å². The number of halogens is 5. The maximum absolute atomic E-state index is 12.5. The molecule has 25 nitrogen and oxygen atoms in total. The largest absolute Gasteiger partial charge is 1.00 e. The highest BCUT2D eigenvalue weighted by atomic mass is 79.9. The van der Waals surface area contributed by atoms with Crippen molar-refractivity contribution in [1.29, 1.82) is 0 Å². The minimum atomic E-state index is -1.73. The molecular formula is C104H160BrCl4N5O20. The van der Waals surface area contributed by atoms with E-state index in [1.165, 1.54) is 0 Å². The summed E-state index contributed by atoms with van der Waals surface area (Å²) in [6.45, 7) is 56.2. The highest BCUT2D eigenvalue weighted by Crippen LogP contribution is 2.37. The lowest BCUT2D eigenvalue weighted by molar-refractivity contribution is -0.903. The van der Waals surface area contributed by atoms with Gasteiger partial charge in [0, 0.05) is 33.4 Å². The first kappa shape index (κ1) is 132. The van der Waals surface area contributed by atoms with Crippen molar-refractivity contribution < 1.29 is 134 Å². The van der Waals surface area contributed by atoms with Gasteiger partial charge < -0.3 is 86.5 Å². The smallest absolute Gasteiger partial charge is 0.316 e. The van der Waals surface area contributed by atoms with Gasteiger partial charge in [-0.3, -0.25) is 47.9 Å². The number of ketones is 2. The number of benzene rings is 5. The van der Waals surface area contributed by atoms with E-state index >= 15 is 0 Å². The summed E-state index contributed by atoms with van der Waals surface area (Å²) >= 11 is 17.5. The first-order valence-corrected chi connectivity index (χ1v) is 46.7. The average Bonchev–Trinajstić information content (AvgIpc) is 0.795. The van der Waals surface area contributed by atoms with Crippen LogP contribution >= 0.6 is 34.8 Å². The zero-order valence-corrected chi connectivity index (χ0v) is 90.9. The van der Waals surface area contributed by atoms with Gasteiger partial charge in [-0.05, 0) is 231 Å². The lowest BCUT2D eigenvalue weighted by Gasteiger charge is -2.29. The van der Waals surface area contributed by atoms with E-state index in [4.69, 9.17) is 82.9 Å². The van der Waals surface area contributed by atoms with Crippen LogP contribution < -0.4 is 38.9 Å². The molecule has 0 aliphatic heterocycles. The van der Waals surface area contributed by atoms with E-state index in [-0.39, 0.29) is 155 Å². The number of aliphatic hydroxyl groups is 2. The number of carbonyl (C=O) groups is 10. The van der Waals surface area contributed by atoms with E-state index in [0.717, 1.165) is 68.2 Å². The summed E-state index contributed by atoms with van der Waals surface area (Å²) in [5, 5.41) is 16.8.